The number of hydrogen-bond acceptors (Lipinski definition) is 3. The maximum absolute atomic E-state index is 11.9. The van der Waals surface area contributed by atoms with Gasteiger partial charge in [-0.2, -0.15) is 13.2 Å². The molecule has 0 amide bonds. The molecule has 0 bridgehead atoms. The third-order valence-corrected chi connectivity index (χ3v) is 2.25. The second-order valence-corrected chi connectivity index (χ2v) is 4.02. The minimum Gasteiger partial charge on any atom is -0.385 e. The maximum atomic E-state index is 11.9. The lowest BCUT2D eigenvalue weighted by Gasteiger charge is -2.21. The molecule has 0 saturated carbocycles. The van der Waals surface area contributed by atoms with Crippen molar-refractivity contribution in [2.75, 3.05) is 33.9 Å². The Bertz CT molecular complexity index is 176. The van der Waals surface area contributed by atoms with E-state index in [9.17, 15) is 13.2 Å². The maximum Gasteiger partial charge on any atom is 0.390 e. The molecule has 3 nitrogen and oxygen atoms in total. The van der Waals surface area contributed by atoms with Crippen molar-refractivity contribution in [3.05, 3.63) is 0 Å². The Hall–Kier alpha value is -0.330. The first-order valence-electron chi connectivity index (χ1n) is 5.35. The Morgan fingerprint density at radius 1 is 1.38 bits per heavy atom. The van der Waals surface area contributed by atoms with Gasteiger partial charge >= 0.3 is 6.18 Å². The molecule has 0 saturated heterocycles. The minimum atomic E-state index is -4.09. The van der Waals surface area contributed by atoms with Gasteiger partial charge in [-0.05, 0) is 19.9 Å². The molecule has 0 aromatic heterocycles. The molecule has 2 N–H and O–H groups in total. The van der Waals surface area contributed by atoms with Crippen LogP contribution in [0.15, 0.2) is 0 Å². The zero-order chi connectivity index (χ0) is 12.6. The molecule has 98 valence electrons. The predicted molar refractivity (Wildman–Crippen MR) is 57.3 cm³/mol. The highest BCUT2D eigenvalue weighted by Gasteiger charge is 2.27. The van der Waals surface area contributed by atoms with Gasteiger partial charge in [0.2, 0.25) is 0 Å². The second-order valence-electron chi connectivity index (χ2n) is 4.02. The zero-order valence-electron chi connectivity index (χ0n) is 9.89. The first-order chi connectivity index (χ1) is 7.35. The number of alkyl halides is 3. The summed E-state index contributed by atoms with van der Waals surface area (Å²) in [5.41, 5.74) is 5.78. The summed E-state index contributed by atoms with van der Waals surface area (Å²) in [6.07, 6.45) is -3.27. The van der Waals surface area contributed by atoms with Crippen LogP contribution in [0.1, 0.15) is 19.3 Å². The van der Waals surface area contributed by atoms with Gasteiger partial charge in [-0.25, -0.2) is 0 Å². The van der Waals surface area contributed by atoms with Gasteiger partial charge in [-0.1, -0.05) is 0 Å². The van der Waals surface area contributed by atoms with Gasteiger partial charge < -0.3 is 15.4 Å². The van der Waals surface area contributed by atoms with Crippen LogP contribution in [-0.4, -0.2) is 51.0 Å². The van der Waals surface area contributed by atoms with Gasteiger partial charge in [-0.15, -0.1) is 0 Å². The van der Waals surface area contributed by atoms with Crippen molar-refractivity contribution < 1.29 is 17.9 Å². The monoisotopic (exact) mass is 242 g/mol. The molecule has 0 aromatic carbocycles. The van der Waals surface area contributed by atoms with E-state index in [4.69, 9.17) is 10.5 Å². The van der Waals surface area contributed by atoms with Crippen LogP contribution in [-0.2, 0) is 4.74 Å². The van der Waals surface area contributed by atoms with Gasteiger partial charge in [0.25, 0.3) is 0 Å². The Kier molecular flexibility index (Phi) is 7.70. The van der Waals surface area contributed by atoms with E-state index in [-0.39, 0.29) is 12.6 Å². The Morgan fingerprint density at radius 3 is 2.50 bits per heavy atom. The van der Waals surface area contributed by atoms with Gasteiger partial charge in [0.05, 0.1) is 6.42 Å². The van der Waals surface area contributed by atoms with Crippen molar-refractivity contribution >= 4 is 0 Å². The number of hydrogen-bond donors (Lipinski definition) is 1. The summed E-state index contributed by atoms with van der Waals surface area (Å²) < 4.78 is 40.7. The largest absolute Gasteiger partial charge is 0.390 e. The molecule has 6 heteroatoms. The van der Waals surface area contributed by atoms with Gasteiger partial charge in [-0.3, -0.25) is 0 Å². The fourth-order valence-corrected chi connectivity index (χ4v) is 1.39. The number of rotatable bonds is 8. The smallest absolute Gasteiger partial charge is 0.385 e. The molecule has 1 unspecified atom stereocenters. The molecule has 0 aliphatic rings. The van der Waals surface area contributed by atoms with Crippen LogP contribution >= 0.6 is 0 Å². The number of halogens is 3. The quantitative estimate of drug-likeness (QED) is 0.657. The van der Waals surface area contributed by atoms with Crippen LogP contribution < -0.4 is 5.73 Å². The summed E-state index contributed by atoms with van der Waals surface area (Å²) in [4.78, 5) is 1.62. The van der Waals surface area contributed by atoms with E-state index in [1.54, 1.807) is 19.1 Å². The van der Waals surface area contributed by atoms with Crippen LogP contribution in [0.2, 0.25) is 0 Å². The molecule has 0 aromatic rings. The van der Waals surface area contributed by atoms with E-state index in [0.717, 1.165) is 12.8 Å². The fourth-order valence-electron chi connectivity index (χ4n) is 1.39. The first kappa shape index (κ1) is 15.7. The second kappa shape index (κ2) is 7.86. The van der Waals surface area contributed by atoms with Crippen molar-refractivity contribution in [1.82, 2.24) is 4.90 Å². The molecule has 1 atom stereocenters. The van der Waals surface area contributed by atoms with E-state index in [1.165, 1.54) is 0 Å². The molecule has 0 fully saturated rings. The van der Waals surface area contributed by atoms with E-state index in [0.29, 0.717) is 13.2 Å². The molecule has 0 aliphatic carbocycles. The summed E-state index contributed by atoms with van der Waals surface area (Å²) in [6.45, 7) is 1.13. The summed E-state index contributed by atoms with van der Waals surface area (Å²) in [5.74, 6) is 0. The van der Waals surface area contributed by atoms with Crippen LogP contribution in [0.3, 0.4) is 0 Å². The van der Waals surface area contributed by atoms with E-state index in [2.05, 4.69) is 0 Å². The normalized spacial score (nSPS) is 14.4. The van der Waals surface area contributed by atoms with E-state index in [1.807, 2.05) is 0 Å². The Balaban J connectivity index is 3.57. The number of ether oxygens (including phenoxy) is 1. The zero-order valence-corrected chi connectivity index (χ0v) is 9.89. The molecule has 16 heavy (non-hydrogen) atoms. The van der Waals surface area contributed by atoms with Crippen molar-refractivity contribution in [2.24, 2.45) is 5.73 Å². The van der Waals surface area contributed by atoms with Gasteiger partial charge in [0.1, 0.15) is 0 Å². The summed E-state index contributed by atoms with van der Waals surface area (Å²) >= 11 is 0. The highest BCUT2D eigenvalue weighted by Crippen LogP contribution is 2.19. The van der Waals surface area contributed by atoms with Crippen molar-refractivity contribution in [2.45, 2.75) is 31.5 Å². The van der Waals surface area contributed by atoms with Crippen molar-refractivity contribution in [3.8, 4) is 0 Å². The summed E-state index contributed by atoms with van der Waals surface area (Å²) in [7, 11) is 3.27. The third-order valence-electron chi connectivity index (χ3n) is 2.25. The topological polar surface area (TPSA) is 38.5 Å². The van der Waals surface area contributed by atoms with Crippen molar-refractivity contribution in [3.63, 3.8) is 0 Å². The Labute approximate surface area is 94.7 Å². The number of methoxy groups -OCH3 is 1. The van der Waals surface area contributed by atoms with Crippen LogP contribution in [0, 0.1) is 0 Å². The van der Waals surface area contributed by atoms with Crippen LogP contribution in [0.25, 0.3) is 0 Å². The van der Waals surface area contributed by atoms with Gasteiger partial charge in [0, 0.05) is 32.8 Å². The lowest BCUT2D eigenvalue weighted by molar-refractivity contribution is -0.137. The third kappa shape index (κ3) is 10.2. The standard InChI is InChI=1S/C10H21F3N2O/c1-15(6-5-10(11,12)13)8-9(14)4-3-7-16-2/h9H,3-8,14H2,1-2H3. The highest BCUT2D eigenvalue weighted by molar-refractivity contribution is 4.67. The van der Waals surface area contributed by atoms with Gasteiger partial charge in [0.15, 0.2) is 0 Å². The first-order valence-corrected chi connectivity index (χ1v) is 5.35. The summed E-state index contributed by atoms with van der Waals surface area (Å²) in [5, 5.41) is 0. The number of nitrogens with two attached hydrogens (primary N) is 1. The Morgan fingerprint density at radius 2 is 2.00 bits per heavy atom. The van der Waals surface area contributed by atoms with Crippen LogP contribution in [0.5, 0.6) is 0 Å². The lowest BCUT2D eigenvalue weighted by atomic mass is 10.1. The average Bonchev–Trinajstić information content (AvgIpc) is 2.14. The fraction of sp³-hybridized carbons (Fsp3) is 1.00. The number of likely N-dealkylation sites (N-methyl/N-ethyl adjacent to an activating group) is 1. The SMILES string of the molecule is COCCCC(N)CN(C)CCC(F)(F)F. The molecule has 0 aliphatic heterocycles. The highest BCUT2D eigenvalue weighted by atomic mass is 19.4. The molecule has 0 rings (SSSR count). The predicted octanol–water partition coefficient (Wildman–Crippen LogP) is 1.62. The molecular formula is C10H21F3N2O. The number of nitrogens with zero attached hydrogens (tertiary/aromatic N) is 1. The minimum absolute atomic E-state index is 0.00147. The van der Waals surface area contributed by atoms with E-state index < -0.39 is 12.6 Å². The molecule has 0 spiro atoms. The average molecular weight is 242 g/mol. The molecular weight excluding hydrogens is 221 g/mol. The van der Waals surface area contributed by atoms with Crippen LogP contribution in [0.4, 0.5) is 13.2 Å². The summed E-state index contributed by atoms with van der Waals surface area (Å²) in [6, 6.07) is -0.0895. The molecule has 0 heterocycles. The van der Waals surface area contributed by atoms with Crippen molar-refractivity contribution in [1.29, 1.82) is 0 Å². The lowest BCUT2D eigenvalue weighted by Crippen LogP contribution is -2.37. The molecule has 0 radical (unpaired) electrons. The van der Waals surface area contributed by atoms with E-state index >= 15 is 0 Å².